The molecule has 1 heterocycles. The van der Waals surface area contributed by atoms with E-state index in [1.54, 1.807) is 24.3 Å². The van der Waals surface area contributed by atoms with Gasteiger partial charge >= 0.3 is 0 Å². The third-order valence-electron chi connectivity index (χ3n) is 5.15. The highest BCUT2D eigenvalue weighted by Gasteiger charge is 2.30. The maximum absolute atomic E-state index is 13.4. The lowest BCUT2D eigenvalue weighted by Gasteiger charge is -2.27. The molecule has 0 unspecified atom stereocenters. The van der Waals surface area contributed by atoms with E-state index >= 15 is 0 Å². The fourth-order valence-electron chi connectivity index (χ4n) is 3.49. The van der Waals surface area contributed by atoms with Gasteiger partial charge < -0.3 is 19.1 Å². The van der Waals surface area contributed by atoms with E-state index in [2.05, 4.69) is 0 Å². The zero-order valence-electron chi connectivity index (χ0n) is 18.7. The number of morpholine rings is 1. The Morgan fingerprint density at radius 2 is 1.88 bits per heavy atom. The highest BCUT2D eigenvalue weighted by atomic mass is 32.2. The van der Waals surface area contributed by atoms with Gasteiger partial charge in [0, 0.05) is 30.9 Å². The van der Waals surface area contributed by atoms with Gasteiger partial charge in [0.25, 0.3) is 5.91 Å². The number of hydrogen-bond acceptors (Lipinski definition) is 7. The van der Waals surface area contributed by atoms with Crippen LogP contribution in [0.1, 0.15) is 23.7 Å². The van der Waals surface area contributed by atoms with E-state index in [0.29, 0.717) is 31.3 Å². The Bertz CT molecular complexity index is 1110. The van der Waals surface area contributed by atoms with Gasteiger partial charge in [0.1, 0.15) is 16.4 Å². The van der Waals surface area contributed by atoms with Crippen LogP contribution in [0.5, 0.6) is 11.5 Å². The molecule has 10 heteroatoms. The number of benzene rings is 2. The lowest BCUT2D eigenvalue weighted by atomic mass is 10.1. The monoisotopic (exact) mass is 473 g/mol. The number of ether oxygens (including phenoxy) is 3. The van der Waals surface area contributed by atoms with Crippen molar-refractivity contribution in [2.75, 3.05) is 51.5 Å². The van der Waals surface area contributed by atoms with Crippen molar-refractivity contribution < 1.29 is 27.4 Å². The molecule has 2 aromatic rings. The van der Waals surface area contributed by atoms with Crippen LogP contribution in [0.2, 0.25) is 0 Å². The van der Waals surface area contributed by atoms with Crippen molar-refractivity contribution in [2.45, 2.75) is 18.2 Å². The molecular weight excluding hydrogens is 446 g/mol. The summed E-state index contributed by atoms with van der Waals surface area (Å²) in [5, 5.41) is 9.07. The molecular formula is C23H27N3O6S. The van der Waals surface area contributed by atoms with Crippen LogP contribution in [0.15, 0.2) is 47.4 Å². The number of carbonyl (C=O) groups excluding carboxylic acids is 1. The number of nitrogens with zero attached hydrogens (tertiary/aromatic N) is 3. The van der Waals surface area contributed by atoms with E-state index < -0.39 is 15.9 Å². The number of nitriles is 1. The van der Waals surface area contributed by atoms with Crippen LogP contribution in [-0.2, 0) is 14.8 Å². The Morgan fingerprint density at radius 1 is 1.18 bits per heavy atom. The fraction of sp³-hybridized carbons (Fsp3) is 0.391. The molecule has 1 aliphatic heterocycles. The van der Waals surface area contributed by atoms with Crippen LogP contribution in [0, 0.1) is 11.3 Å². The Balaban J connectivity index is 1.97. The Morgan fingerprint density at radius 3 is 2.48 bits per heavy atom. The molecule has 0 bridgehead atoms. The summed E-state index contributed by atoms with van der Waals surface area (Å²) < 4.78 is 43.8. The van der Waals surface area contributed by atoms with Gasteiger partial charge in [-0.2, -0.15) is 9.57 Å². The molecule has 1 fully saturated rings. The molecule has 0 saturated carbocycles. The summed E-state index contributed by atoms with van der Waals surface area (Å²) in [5.74, 6) is 0.399. The molecule has 0 atom stereocenters. The topological polar surface area (TPSA) is 109 Å². The maximum Gasteiger partial charge on any atom is 0.258 e. The van der Waals surface area contributed by atoms with Crippen LogP contribution in [0.3, 0.4) is 0 Å². The quantitative estimate of drug-likeness (QED) is 0.551. The second-order valence-corrected chi connectivity index (χ2v) is 9.08. The number of anilines is 1. The van der Waals surface area contributed by atoms with Crippen molar-refractivity contribution in [3.63, 3.8) is 0 Å². The summed E-state index contributed by atoms with van der Waals surface area (Å²) >= 11 is 0. The molecule has 1 aliphatic rings. The summed E-state index contributed by atoms with van der Waals surface area (Å²) in [4.78, 5) is 14.8. The highest BCUT2D eigenvalue weighted by Crippen LogP contribution is 2.30. The largest absolute Gasteiger partial charge is 0.495 e. The summed E-state index contributed by atoms with van der Waals surface area (Å²) in [5.41, 5.74) is 0.751. The van der Waals surface area contributed by atoms with Crippen LogP contribution >= 0.6 is 0 Å². The third-order valence-corrected chi connectivity index (χ3v) is 7.07. The minimum absolute atomic E-state index is 0.0790. The second-order valence-electron chi connectivity index (χ2n) is 7.17. The standard InChI is InChI=1S/C23H27N3O6S/c1-3-32-20-8-6-19(7-9-20)26(12-4-11-24)23(27)18-5-10-21(30-2)22(17-18)33(28,29)25-13-15-31-16-14-25/h5-10,17H,3-4,12-16H2,1-2H3. The number of hydrogen-bond donors (Lipinski definition) is 0. The first-order valence-corrected chi connectivity index (χ1v) is 12.0. The zero-order valence-corrected chi connectivity index (χ0v) is 19.5. The predicted molar refractivity (Wildman–Crippen MR) is 122 cm³/mol. The van der Waals surface area contributed by atoms with Crippen LogP contribution in [-0.4, -0.2) is 65.2 Å². The first kappa shape index (κ1) is 24.5. The Labute approximate surface area is 194 Å². The molecule has 0 spiro atoms. The van der Waals surface area contributed by atoms with Gasteiger partial charge in [-0.3, -0.25) is 4.79 Å². The van der Waals surface area contributed by atoms with Gasteiger partial charge in [-0.15, -0.1) is 0 Å². The van der Waals surface area contributed by atoms with Gasteiger partial charge in [-0.05, 0) is 49.4 Å². The average Bonchev–Trinajstić information content (AvgIpc) is 2.85. The molecule has 1 amide bonds. The molecule has 0 N–H and O–H groups in total. The van der Waals surface area contributed by atoms with Crippen molar-refractivity contribution in [3.8, 4) is 17.6 Å². The summed E-state index contributed by atoms with van der Waals surface area (Å²) in [6, 6.07) is 13.3. The lowest BCUT2D eigenvalue weighted by Crippen LogP contribution is -2.40. The predicted octanol–water partition coefficient (Wildman–Crippen LogP) is 2.68. The minimum atomic E-state index is -3.89. The van der Waals surface area contributed by atoms with Crippen molar-refractivity contribution in [2.24, 2.45) is 0 Å². The highest BCUT2D eigenvalue weighted by molar-refractivity contribution is 7.89. The Kier molecular flexibility index (Phi) is 8.27. The van der Waals surface area contributed by atoms with Crippen molar-refractivity contribution in [1.29, 1.82) is 5.26 Å². The number of carbonyl (C=O) groups is 1. The summed E-state index contributed by atoms with van der Waals surface area (Å²) in [7, 11) is -2.51. The molecule has 3 rings (SSSR count). The van der Waals surface area contributed by atoms with Gasteiger partial charge in [0.05, 0.1) is 39.4 Å². The van der Waals surface area contributed by atoms with E-state index in [9.17, 15) is 13.2 Å². The van der Waals surface area contributed by atoms with E-state index in [-0.39, 0.29) is 42.3 Å². The van der Waals surface area contributed by atoms with E-state index in [4.69, 9.17) is 19.5 Å². The molecule has 176 valence electrons. The summed E-state index contributed by atoms with van der Waals surface area (Å²) in [6.07, 6.45) is 0.119. The van der Waals surface area contributed by atoms with Crippen molar-refractivity contribution >= 4 is 21.6 Å². The number of methoxy groups -OCH3 is 1. The first-order valence-electron chi connectivity index (χ1n) is 10.6. The van der Waals surface area contributed by atoms with Gasteiger partial charge in [0.2, 0.25) is 10.0 Å². The lowest BCUT2D eigenvalue weighted by molar-refractivity contribution is 0.0729. The van der Waals surface area contributed by atoms with Gasteiger partial charge in [-0.1, -0.05) is 0 Å². The first-order chi connectivity index (χ1) is 15.9. The van der Waals surface area contributed by atoms with Crippen molar-refractivity contribution in [3.05, 3.63) is 48.0 Å². The smallest absolute Gasteiger partial charge is 0.258 e. The second kappa shape index (κ2) is 11.1. The zero-order chi connectivity index (χ0) is 23.8. The van der Waals surface area contributed by atoms with E-state index in [1.165, 1.54) is 34.5 Å². The van der Waals surface area contributed by atoms with Crippen LogP contribution in [0.25, 0.3) is 0 Å². The molecule has 0 radical (unpaired) electrons. The molecule has 2 aromatic carbocycles. The normalized spacial score (nSPS) is 14.3. The van der Waals surface area contributed by atoms with Gasteiger partial charge in [-0.25, -0.2) is 8.42 Å². The number of rotatable bonds is 9. The molecule has 1 saturated heterocycles. The fourth-order valence-corrected chi connectivity index (χ4v) is 5.08. The SMILES string of the molecule is CCOc1ccc(N(CCC#N)C(=O)c2ccc(OC)c(S(=O)(=O)N3CCOCC3)c2)cc1. The number of amides is 1. The van der Waals surface area contributed by atoms with E-state index in [0.717, 1.165) is 0 Å². The third kappa shape index (κ3) is 5.63. The average molecular weight is 474 g/mol. The summed E-state index contributed by atoms with van der Waals surface area (Å²) in [6.45, 7) is 3.61. The molecule has 9 nitrogen and oxygen atoms in total. The molecule has 0 aliphatic carbocycles. The maximum atomic E-state index is 13.4. The van der Waals surface area contributed by atoms with Gasteiger partial charge in [0.15, 0.2) is 0 Å². The minimum Gasteiger partial charge on any atom is -0.495 e. The number of sulfonamides is 1. The Hall–Kier alpha value is -3.13. The van der Waals surface area contributed by atoms with Crippen LogP contribution < -0.4 is 14.4 Å². The van der Waals surface area contributed by atoms with Crippen molar-refractivity contribution in [1.82, 2.24) is 4.31 Å². The van der Waals surface area contributed by atoms with E-state index in [1.807, 2.05) is 13.0 Å². The molecule has 33 heavy (non-hydrogen) atoms. The van der Waals surface area contributed by atoms with Crippen LogP contribution in [0.4, 0.5) is 5.69 Å². The molecule has 0 aromatic heterocycles.